The van der Waals surface area contributed by atoms with Crippen LogP contribution in [-0.4, -0.2) is 18.3 Å². The van der Waals surface area contributed by atoms with Gasteiger partial charge in [0.15, 0.2) is 0 Å². The fourth-order valence-electron chi connectivity index (χ4n) is 0. The van der Waals surface area contributed by atoms with Crippen molar-refractivity contribution >= 4 is 18.3 Å². The Kier molecular flexibility index (Phi) is 36.9. The first-order valence-corrected chi connectivity index (χ1v) is 3.67. The zero-order valence-electron chi connectivity index (χ0n) is 4.45. The smallest absolute Gasteiger partial charge is 0.672 e. The summed E-state index contributed by atoms with van der Waals surface area (Å²) in [7, 11) is -7.26. The molecule has 0 aliphatic rings. The summed E-state index contributed by atoms with van der Waals surface area (Å²) < 4.78 is 17.0. The van der Waals surface area contributed by atoms with Crippen molar-refractivity contribution < 1.29 is 76.0 Å². The quantitative estimate of drug-likeness (QED) is 0.409. The molecule has 0 fully saturated rings. The van der Waals surface area contributed by atoms with Crippen LogP contribution in [0.4, 0.5) is 0 Å². The Morgan fingerprint density at radius 3 is 0.800 bits per heavy atom. The van der Waals surface area contributed by atoms with Gasteiger partial charge in [-0.2, -0.15) is 0 Å². The fraction of sp³-hybridized carbons (Fsp3) is 0. The second-order valence-corrected chi connectivity index (χ2v) is 1.50. The third kappa shape index (κ3) is 784. The van der Waals surface area contributed by atoms with Crippen molar-refractivity contribution in [1.82, 2.24) is 0 Å². The van der Waals surface area contributed by atoms with E-state index in [4.69, 9.17) is 28.1 Å². The van der Waals surface area contributed by atoms with E-state index >= 15 is 0 Å². The van der Waals surface area contributed by atoms with Crippen molar-refractivity contribution in [3.8, 4) is 0 Å². The minimum absolute atomic E-state index is 0. The van der Waals surface area contributed by atoms with Crippen LogP contribution in [0, 0.1) is 0 Å². The summed E-state index contributed by atoms with van der Waals surface area (Å²) in [4.78, 5) is 34.1. The Hall–Kier alpha value is 0.831. The maximum Gasteiger partial charge on any atom is 4.00 e. The molecule has 10 heteroatoms. The van der Waals surface area contributed by atoms with Gasteiger partial charge in [0.2, 0.25) is 0 Å². The Balaban J connectivity index is -0.0000000300. The second-order valence-electron chi connectivity index (χ2n) is 0.500. The average Bonchev–Trinajstić information content (AvgIpc) is 1.25. The van der Waals surface area contributed by atoms with Gasteiger partial charge in [0, 0.05) is 44.5 Å². The zero-order valence-corrected chi connectivity index (χ0v) is 10.5. The number of hydrogen-bond donors (Lipinski definition) is 0. The molecule has 0 saturated heterocycles. The van der Waals surface area contributed by atoms with Gasteiger partial charge >= 0.3 is 21.7 Å². The van der Waals surface area contributed by atoms with E-state index in [2.05, 4.69) is 0 Å². The summed E-state index contributed by atoms with van der Waals surface area (Å²) in [5.74, 6) is 0. The van der Waals surface area contributed by atoms with E-state index in [1.54, 1.807) is 0 Å². The summed E-state index contributed by atoms with van der Waals surface area (Å²) in [5.41, 5.74) is 0. The minimum atomic E-state index is -3.63. The first-order chi connectivity index (χ1) is 3.46. The van der Waals surface area contributed by atoms with E-state index in [0.29, 0.717) is 0 Å². The molecule has 52 valence electrons. The molecule has 0 aromatic rings. The monoisotopic (exact) mass is 290 g/mol. The Morgan fingerprint density at radius 1 is 0.800 bits per heavy atom. The summed E-state index contributed by atoms with van der Waals surface area (Å²) in [6, 6.07) is 0. The van der Waals surface area contributed by atoms with Crippen LogP contribution < -0.4 is 19.2 Å². The SMILES string of the molecule is O=[Si]([O-])[O-].O=[Si]([O-])[O-].[Ti+4].[Zr]. The summed E-state index contributed by atoms with van der Waals surface area (Å²) >= 11 is 0. The average molecular weight is 291 g/mol. The van der Waals surface area contributed by atoms with Crippen LogP contribution in [0.3, 0.4) is 0 Å². The maximum atomic E-state index is 8.52. The van der Waals surface area contributed by atoms with Crippen LogP contribution in [-0.2, 0) is 56.8 Å². The second kappa shape index (κ2) is 16.4. The molecule has 0 heterocycles. The fourth-order valence-corrected chi connectivity index (χ4v) is 0. The molecule has 0 unspecified atom stereocenters. The van der Waals surface area contributed by atoms with Gasteiger partial charge in [-0.1, -0.05) is 0 Å². The molecule has 0 bridgehead atoms. The van der Waals surface area contributed by atoms with Gasteiger partial charge in [-0.15, -0.1) is 0 Å². The summed E-state index contributed by atoms with van der Waals surface area (Å²) in [6.07, 6.45) is 0. The predicted molar refractivity (Wildman–Crippen MR) is 12.9 cm³/mol. The van der Waals surface area contributed by atoms with E-state index in [1.807, 2.05) is 0 Å². The van der Waals surface area contributed by atoms with Gasteiger partial charge in [-0.25, -0.2) is 0 Å². The molecule has 0 N–H and O–H groups in total. The van der Waals surface area contributed by atoms with Crippen molar-refractivity contribution in [3.05, 3.63) is 0 Å². The van der Waals surface area contributed by atoms with E-state index in [9.17, 15) is 0 Å². The molecule has 0 saturated carbocycles. The van der Waals surface area contributed by atoms with Crippen LogP contribution in [0.25, 0.3) is 0 Å². The van der Waals surface area contributed by atoms with Gasteiger partial charge in [0.1, 0.15) is 0 Å². The first-order valence-electron chi connectivity index (χ1n) is 1.22. The van der Waals surface area contributed by atoms with Crippen molar-refractivity contribution in [2.45, 2.75) is 0 Å². The molecule has 10 heavy (non-hydrogen) atoms. The molecule has 0 spiro atoms. The molecule has 0 rings (SSSR count). The van der Waals surface area contributed by atoms with E-state index < -0.39 is 18.3 Å². The Morgan fingerprint density at radius 2 is 0.800 bits per heavy atom. The van der Waals surface area contributed by atoms with Crippen LogP contribution in [0.1, 0.15) is 0 Å². The molecular formula is O6Si2TiZr. The molecule has 0 aromatic carbocycles. The van der Waals surface area contributed by atoms with Crippen LogP contribution in [0.5, 0.6) is 0 Å². The molecule has 0 amide bonds. The number of rotatable bonds is 0. The van der Waals surface area contributed by atoms with Crippen molar-refractivity contribution in [2.24, 2.45) is 0 Å². The topological polar surface area (TPSA) is 126 Å². The van der Waals surface area contributed by atoms with Gasteiger partial charge in [-0.05, 0) is 0 Å². The Labute approximate surface area is 93.7 Å². The van der Waals surface area contributed by atoms with E-state index in [0.717, 1.165) is 0 Å². The van der Waals surface area contributed by atoms with E-state index in [1.165, 1.54) is 0 Å². The van der Waals surface area contributed by atoms with Crippen molar-refractivity contribution in [3.63, 3.8) is 0 Å². The minimum Gasteiger partial charge on any atom is -0.672 e. The maximum absolute atomic E-state index is 8.52. The van der Waals surface area contributed by atoms with Crippen molar-refractivity contribution in [2.75, 3.05) is 0 Å². The van der Waals surface area contributed by atoms with E-state index in [-0.39, 0.29) is 47.9 Å². The molecular weight excluding hydrogens is 291 g/mol. The third-order valence-corrected chi connectivity index (χ3v) is 0. The van der Waals surface area contributed by atoms with Gasteiger partial charge in [-0.3, -0.25) is 0 Å². The zero-order chi connectivity index (χ0) is 7.15. The van der Waals surface area contributed by atoms with Gasteiger partial charge < -0.3 is 28.1 Å². The molecule has 0 aliphatic carbocycles. The Bertz CT molecular complexity index is 73.7. The van der Waals surface area contributed by atoms with Crippen LogP contribution in [0.2, 0.25) is 0 Å². The molecule has 0 aliphatic heterocycles. The van der Waals surface area contributed by atoms with Crippen LogP contribution >= 0.6 is 0 Å². The molecule has 0 aromatic heterocycles. The van der Waals surface area contributed by atoms with Crippen molar-refractivity contribution in [1.29, 1.82) is 0 Å². The predicted octanol–water partition coefficient (Wildman–Crippen LogP) is -5.76. The van der Waals surface area contributed by atoms with Gasteiger partial charge in [0.25, 0.3) is 0 Å². The third-order valence-electron chi connectivity index (χ3n) is 0. The summed E-state index contributed by atoms with van der Waals surface area (Å²) in [6.45, 7) is 0. The number of hydrogen-bond acceptors (Lipinski definition) is 6. The first kappa shape index (κ1) is 22.4. The normalized spacial score (nSPS) is 4.80. The largest absolute Gasteiger partial charge is 4.00 e. The summed E-state index contributed by atoms with van der Waals surface area (Å²) in [5, 5.41) is 0. The van der Waals surface area contributed by atoms with Gasteiger partial charge in [0.05, 0.1) is 0 Å². The molecule has 0 radical (unpaired) electrons. The van der Waals surface area contributed by atoms with Crippen LogP contribution in [0.15, 0.2) is 0 Å². The molecule has 6 nitrogen and oxygen atoms in total. The molecule has 0 atom stereocenters. The standard InChI is InChI=1S/2O3Si.Ti.Zr/c2*1-4(2)3;;/q2*-2;+4;.